The molecule has 0 spiro atoms. The van der Waals surface area contributed by atoms with Crippen LogP contribution in [0.2, 0.25) is 5.04 Å². The predicted octanol–water partition coefficient (Wildman–Crippen LogP) is 8.18. The van der Waals surface area contributed by atoms with Gasteiger partial charge in [-0.15, -0.1) is 0 Å². The van der Waals surface area contributed by atoms with E-state index in [0.717, 1.165) is 30.6 Å². The van der Waals surface area contributed by atoms with E-state index in [1.54, 1.807) is 13.4 Å². The molecule has 2 fully saturated rings. The molecule has 8 nitrogen and oxygen atoms in total. The first-order valence-electron chi connectivity index (χ1n) is 17.8. The molecule has 270 valence electrons. The number of oxazole rings is 1. The van der Waals surface area contributed by atoms with Crippen LogP contribution in [0, 0.1) is 0 Å². The van der Waals surface area contributed by atoms with E-state index < -0.39 is 14.6 Å². The lowest BCUT2D eigenvalue weighted by molar-refractivity contribution is -0.200. The number of hydrogen-bond acceptors (Lipinski definition) is 8. The first-order chi connectivity index (χ1) is 24.6. The van der Waals surface area contributed by atoms with Crippen LogP contribution in [0.1, 0.15) is 76.3 Å². The lowest BCUT2D eigenvalue weighted by Crippen LogP contribution is -2.66. The molecule has 0 amide bonds. The van der Waals surface area contributed by atoms with E-state index in [0.29, 0.717) is 43.4 Å². The molecule has 4 aromatic rings. The van der Waals surface area contributed by atoms with Crippen LogP contribution >= 0.6 is 0 Å². The van der Waals surface area contributed by atoms with E-state index >= 15 is 0 Å². The van der Waals surface area contributed by atoms with E-state index in [1.165, 1.54) is 15.9 Å². The van der Waals surface area contributed by atoms with Gasteiger partial charge in [-0.3, -0.25) is 0 Å². The van der Waals surface area contributed by atoms with Crippen LogP contribution in [-0.4, -0.2) is 45.3 Å². The van der Waals surface area contributed by atoms with E-state index in [9.17, 15) is 0 Å². The van der Waals surface area contributed by atoms with Gasteiger partial charge in [0.05, 0.1) is 37.8 Å². The van der Waals surface area contributed by atoms with Crippen molar-refractivity contribution in [1.29, 1.82) is 0 Å². The summed E-state index contributed by atoms with van der Waals surface area (Å²) in [5, 5.41) is 2.48. The smallest absolute Gasteiger partial charge is 0.261 e. The summed E-state index contributed by atoms with van der Waals surface area (Å²) in [6.07, 6.45) is 4.38. The van der Waals surface area contributed by atoms with Gasteiger partial charge in [0.1, 0.15) is 24.3 Å². The number of aromatic nitrogens is 1. The van der Waals surface area contributed by atoms with Crippen molar-refractivity contribution in [1.82, 2.24) is 4.98 Å². The minimum absolute atomic E-state index is 0.0179. The van der Waals surface area contributed by atoms with Crippen molar-refractivity contribution in [2.45, 2.75) is 95.7 Å². The number of rotatable bonds is 14. The lowest BCUT2D eigenvalue weighted by atomic mass is 9.94. The van der Waals surface area contributed by atoms with Gasteiger partial charge in [-0.2, -0.15) is 0 Å². The molecule has 9 heteroatoms. The Hall–Kier alpha value is -3.99. The third-order valence-corrected chi connectivity index (χ3v) is 14.7. The van der Waals surface area contributed by atoms with Crippen molar-refractivity contribution in [3.8, 4) is 5.75 Å². The summed E-state index contributed by atoms with van der Waals surface area (Å²) in [5.41, 5.74) is 2.78. The second-order valence-corrected chi connectivity index (χ2v) is 18.8. The zero-order valence-corrected chi connectivity index (χ0v) is 31.3. The molecule has 2 saturated heterocycles. The Morgan fingerprint density at radius 2 is 1.45 bits per heavy atom. The fraction of sp³-hybridized carbons (Fsp3) is 0.405. The second kappa shape index (κ2) is 16.6. The molecule has 0 aliphatic carbocycles. The Balaban J connectivity index is 1.04. The van der Waals surface area contributed by atoms with Crippen molar-refractivity contribution in [3.05, 3.63) is 133 Å². The van der Waals surface area contributed by atoms with Crippen LogP contribution in [-0.2, 0) is 36.6 Å². The number of benzene rings is 3. The number of hydrogen-bond donors (Lipinski definition) is 0. The highest BCUT2D eigenvalue weighted by molar-refractivity contribution is 6.99. The molecule has 6 rings (SSSR count). The van der Waals surface area contributed by atoms with E-state index in [2.05, 4.69) is 99.6 Å². The molecule has 1 aromatic heterocycles. The Labute approximate surface area is 303 Å². The summed E-state index contributed by atoms with van der Waals surface area (Å²) in [5.74, 6) is 1.91. The van der Waals surface area contributed by atoms with Crippen LogP contribution < -0.4 is 15.1 Å². The Kier molecular flexibility index (Phi) is 11.9. The summed E-state index contributed by atoms with van der Waals surface area (Å²) >= 11 is 0. The Morgan fingerprint density at radius 1 is 0.804 bits per heavy atom. The van der Waals surface area contributed by atoms with Crippen LogP contribution in [0.15, 0.2) is 120 Å². The standard InChI is InChI=1S/C42H51NO7Si/c1-30-23-34(21-22-47-51(42(3,4)5,37-13-9-7-10-14-37)38-15-11-8-12-16-38)49-35(24-30)26-36-25-31(2)48-41(50-36)39-28-46-40(43-39)29-45-27-32-17-19-33(44-6)20-18-32/h7-20,28,34-36,41H,1-2,21-27,29H2,3-6H3/t34-,35+,36-,41-/m0/s1. The molecule has 0 saturated carbocycles. The largest absolute Gasteiger partial charge is 0.497 e. The summed E-state index contributed by atoms with van der Waals surface area (Å²) < 4.78 is 43.0. The van der Waals surface area contributed by atoms with Crippen molar-refractivity contribution in [2.24, 2.45) is 0 Å². The predicted molar refractivity (Wildman–Crippen MR) is 200 cm³/mol. The maximum absolute atomic E-state index is 7.17. The summed E-state index contributed by atoms with van der Waals surface area (Å²) in [4.78, 5) is 4.59. The molecule has 4 atom stereocenters. The minimum Gasteiger partial charge on any atom is -0.497 e. The van der Waals surface area contributed by atoms with Crippen LogP contribution in [0.3, 0.4) is 0 Å². The second-order valence-electron chi connectivity index (χ2n) is 14.5. The fourth-order valence-electron chi connectivity index (χ4n) is 7.25. The molecule has 0 radical (unpaired) electrons. The maximum Gasteiger partial charge on any atom is 0.261 e. The SMILES string of the molecule is C=C1C[C@H](C[C@@H]2CC(=C)O[C@H](c3coc(COCc4ccc(OC)cc4)n3)O2)O[C@@H](CCO[Si](c2ccccc2)(c2ccccc2)C(C)(C)C)C1. The van der Waals surface area contributed by atoms with Gasteiger partial charge < -0.3 is 32.5 Å². The number of nitrogens with zero attached hydrogens (tertiary/aromatic N) is 1. The highest BCUT2D eigenvalue weighted by Crippen LogP contribution is 2.38. The topological polar surface area (TPSA) is 81.4 Å². The molecule has 3 heterocycles. The number of ether oxygens (including phenoxy) is 5. The summed E-state index contributed by atoms with van der Waals surface area (Å²) in [7, 11) is -0.976. The number of methoxy groups -OCH3 is 1. The third-order valence-electron chi connectivity index (χ3n) is 9.63. The van der Waals surface area contributed by atoms with E-state index in [-0.39, 0.29) is 30.0 Å². The molecular formula is C42H51NO7Si. The van der Waals surface area contributed by atoms with Crippen molar-refractivity contribution >= 4 is 18.7 Å². The molecule has 0 unspecified atom stereocenters. The average molecular weight is 710 g/mol. The molecule has 2 aliphatic heterocycles. The lowest BCUT2D eigenvalue weighted by Gasteiger charge is -2.43. The van der Waals surface area contributed by atoms with Crippen molar-refractivity contribution in [2.75, 3.05) is 13.7 Å². The van der Waals surface area contributed by atoms with Crippen molar-refractivity contribution in [3.63, 3.8) is 0 Å². The highest BCUT2D eigenvalue weighted by Gasteiger charge is 2.50. The highest BCUT2D eigenvalue weighted by atomic mass is 28.4. The molecular weight excluding hydrogens is 659 g/mol. The van der Waals surface area contributed by atoms with Gasteiger partial charge in [0, 0.05) is 19.4 Å². The fourth-order valence-corrected chi connectivity index (χ4v) is 11.8. The van der Waals surface area contributed by atoms with E-state index in [4.69, 9.17) is 32.5 Å². The van der Waals surface area contributed by atoms with Gasteiger partial charge >= 0.3 is 0 Å². The quantitative estimate of drug-likeness (QED) is 0.0959. The molecule has 2 aliphatic rings. The van der Waals surface area contributed by atoms with Crippen LogP contribution in [0.5, 0.6) is 5.75 Å². The van der Waals surface area contributed by atoms with Gasteiger partial charge in [0.2, 0.25) is 12.2 Å². The van der Waals surface area contributed by atoms with Gasteiger partial charge in [-0.05, 0) is 52.4 Å². The third kappa shape index (κ3) is 9.09. The summed E-state index contributed by atoms with van der Waals surface area (Å²) in [6.45, 7) is 16.7. The van der Waals surface area contributed by atoms with Gasteiger partial charge in [0.25, 0.3) is 8.32 Å². The zero-order chi connectivity index (χ0) is 35.8. The first kappa shape index (κ1) is 36.8. The zero-order valence-electron chi connectivity index (χ0n) is 30.3. The first-order valence-corrected chi connectivity index (χ1v) is 19.8. The Bertz CT molecular complexity index is 1680. The molecule has 0 bridgehead atoms. The average Bonchev–Trinajstić information content (AvgIpc) is 3.59. The van der Waals surface area contributed by atoms with Gasteiger partial charge in [-0.25, -0.2) is 4.98 Å². The van der Waals surface area contributed by atoms with Crippen LogP contribution in [0.4, 0.5) is 0 Å². The summed E-state index contributed by atoms with van der Waals surface area (Å²) in [6, 6.07) is 29.3. The normalized spacial score (nSPS) is 21.3. The minimum atomic E-state index is -2.62. The molecule has 0 N–H and O–H groups in total. The van der Waals surface area contributed by atoms with Crippen molar-refractivity contribution < 1.29 is 32.5 Å². The molecule has 51 heavy (non-hydrogen) atoms. The van der Waals surface area contributed by atoms with Gasteiger partial charge in [-0.1, -0.05) is 112 Å². The molecule has 3 aromatic carbocycles. The van der Waals surface area contributed by atoms with Crippen LogP contribution in [0.25, 0.3) is 0 Å². The van der Waals surface area contributed by atoms with Gasteiger partial charge in [0.15, 0.2) is 0 Å². The maximum atomic E-state index is 7.17. The Morgan fingerprint density at radius 3 is 2.10 bits per heavy atom. The monoisotopic (exact) mass is 709 g/mol. The van der Waals surface area contributed by atoms with E-state index in [1.807, 2.05) is 24.3 Å².